The van der Waals surface area contributed by atoms with Gasteiger partial charge in [-0.1, -0.05) is 18.2 Å². The number of hydrogen-bond donors (Lipinski definition) is 0. The molecule has 4 rings (SSSR count). The molecule has 1 atom stereocenters. The number of esters is 1. The Kier molecular flexibility index (Phi) is 8.60. The van der Waals surface area contributed by atoms with Gasteiger partial charge < -0.3 is 14.2 Å². The van der Waals surface area contributed by atoms with Crippen LogP contribution in [0.25, 0.3) is 11.0 Å². The molecule has 1 unspecified atom stereocenters. The van der Waals surface area contributed by atoms with Crippen LogP contribution in [0.15, 0.2) is 59.9 Å². The highest BCUT2D eigenvalue weighted by molar-refractivity contribution is 7.84. The number of nitrogens with zero attached hydrogens (tertiary/aromatic N) is 4. The van der Waals surface area contributed by atoms with Crippen molar-refractivity contribution in [2.75, 3.05) is 32.3 Å². The zero-order chi connectivity index (χ0) is 28.1. The molecule has 11 heteroatoms. The lowest BCUT2D eigenvalue weighted by Gasteiger charge is -2.23. The molecule has 204 valence electrons. The minimum absolute atomic E-state index is 0.000572. The van der Waals surface area contributed by atoms with Gasteiger partial charge in [0, 0.05) is 29.1 Å². The van der Waals surface area contributed by atoms with Crippen molar-refractivity contribution in [3.8, 4) is 11.5 Å². The number of para-hydroxylation sites is 1. The van der Waals surface area contributed by atoms with Crippen LogP contribution in [0.3, 0.4) is 0 Å². The van der Waals surface area contributed by atoms with Crippen molar-refractivity contribution >= 4 is 39.5 Å². The fourth-order valence-corrected chi connectivity index (χ4v) is 5.49. The largest absolute Gasteiger partial charge is 0.497 e. The van der Waals surface area contributed by atoms with Gasteiger partial charge in [-0.25, -0.2) is 14.3 Å². The summed E-state index contributed by atoms with van der Waals surface area (Å²) in [5.41, 5.74) is 3.48. The Morgan fingerprint density at radius 1 is 1.05 bits per heavy atom. The number of aryl methyl sites for hydroxylation is 1. The summed E-state index contributed by atoms with van der Waals surface area (Å²) >= 11 is 0. The molecule has 0 saturated heterocycles. The van der Waals surface area contributed by atoms with E-state index < -0.39 is 22.8 Å². The molecular formula is C28H30N4O6S. The molecule has 1 amide bonds. The van der Waals surface area contributed by atoms with Gasteiger partial charge in [0.25, 0.3) is 0 Å². The second kappa shape index (κ2) is 12.1. The Labute approximate surface area is 229 Å². The average Bonchev–Trinajstić information content (AvgIpc) is 3.32. The summed E-state index contributed by atoms with van der Waals surface area (Å²) in [6, 6.07) is 13.2. The molecule has 2 aromatic heterocycles. The third kappa shape index (κ3) is 5.78. The number of carbonyl (C=O) groups excluding carboxylic acids is 2. The maximum absolute atomic E-state index is 14.2. The fourth-order valence-electron chi connectivity index (χ4n) is 4.24. The average molecular weight is 551 g/mol. The first-order valence-electron chi connectivity index (χ1n) is 12.3. The molecule has 39 heavy (non-hydrogen) atoms. The van der Waals surface area contributed by atoms with Crippen LogP contribution in [-0.2, 0) is 26.1 Å². The van der Waals surface area contributed by atoms with Gasteiger partial charge in [-0.3, -0.25) is 18.9 Å². The quantitative estimate of drug-likeness (QED) is 0.282. The van der Waals surface area contributed by atoms with Crippen molar-refractivity contribution in [2.24, 2.45) is 0 Å². The highest BCUT2D eigenvalue weighted by Gasteiger charge is 2.29. The number of fused-ring (bicyclic) bond motifs is 1. The molecule has 0 spiro atoms. The summed E-state index contributed by atoms with van der Waals surface area (Å²) in [5, 5.41) is 0.0220. The van der Waals surface area contributed by atoms with Crippen molar-refractivity contribution in [1.29, 1.82) is 0 Å². The van der Waals surface area contributed by atoms with Crippen LogP contribution >= 0.6 is 0 Å². The molecule has 0 N–H and O–H groups in total. The number of benzene rings is 2. The summed E-state index contributed by atoms with van der Waals surface area (Å²) in [6.07, 6.45) is 1.66. The van der Waals surface area contributed by atoms with Crippen LogP contribution in [0.2, 0.25) is 0 Å². The molecule has 0 saturated carbocycles. The van der Waals surface area contributed by atoms with Gasteiger partial charge in [-0.2, -0.15) is 0 Å². The zero-order valence-electron chi connectivity index (χ0n) is 22.5. The van der Waals surface area contributed by atoms with Crippen molar-refractivity contribution in [3.63, 3.8) is 0 Å². The molecule has 0 bridgehead atoms. The van der Waals surface area contributed by atoms with Crippen molar-refractivity contribution < 1.29 is 28.0 Å². The number of amides is 1. The summed E-state index contributed by atoms with van der Waals surface area (Å²) in [5.74, 6) is 0.576. The predicted octanol–water partition coefficient (Wildman–Crippen LogP) is 4.41. The molecule has 0 aliphatic heterocycles. The van der Waals surface area contributed by atoms with Gasteiger partial charge in [-0.15, -0.1) is 0 Å². The van der Waals surface area contributed by atoms with Crippen molar-refractivity contribution in [2.45, 2.75) is 31.7 Å². The molecule has 0 aliphatic carbocycles. The topological polar surface area (TPSA) is 113 Å². The second-order valence-electron chi connectivity index (χ2n) is 8.63. The van der Waals surface area contributed by atoms with Crippen LogP contribution < -0.4 is 14.4 Å². The van der Waals surface area contributed by atoms with E-state index in [0.29, 0.717) is 33.9 Å². The SMILES string of the molecule is CCOC(=O)CN(C(=O)n1c(S(=O)Cc2ncc(C)c(OC)c2C)nc2ccc(OC)cc21)c1ccccc1. The summed E-state index contributed by atoms with van der Waals surface area (Å²) in [7, 11) is 1.29. The number of ether oxygens (including phenoxy) is 3. The number of pyridine rings is 1. The van der Waals surface area contributed by atoms with E-state index in [1.807, 2.05) is 13.8 Å². The number of aromatic nitrogens is 3. The van der Waals surface area contributed by atoms with Gasteiger partial charge >= 0.3 is 12.0 Å². The normalized spacial score (nSPS) is 11.7. The lowest BCUT2D eigenvalue weighted by atomic mass is 10.1. The Bertz CT molecular complexity index is 1540. The van der Waals surface area contributed by atoms with Crippen LogP contribution in [0, 0.1) is 13.8 Å². The van der Waals surface area contributed by atoms with Gasteiger partial charge in [0.15, 0.2) is 0 Å². The van der Waals surface area contributed by atoms with Crippen LogP contribution in [0.5, 0.6) is 11.5 Å². The third-order valence-corrected chi connectivity index (χ3v) is 7.35. The van der Waals surface area contributed by atoms with E-state index in [4.69, 9.17) is 14.2 Å². The second-order valence-corrected chi connectivity index (χ2v) is 9.97. The van der Waals surface area contributed by atoms with E-state index in [9.17, 15) is 13.8 Å². The number of rotatable bonds is 9. The maximum atomic E-state index is 14.2. The number of hydrogen-bond acceptors (Lipinski definition) is 8. The van der Waals surface area contributed by atoms with E-state index in [1.165, 1.54) is 16.6 Å². The van der Waals surface area contributed by atoms with Crippen molar-refractivity contribution in [1.82, 2.24) is 14.5 Å². The zero-order valence-corrected chi connectivity index (χ0v) is 23.3. The molecule has 0 fully saturated rings. The number of anilines is 1. The molecule has 10 nitrogen and oxygen atoms in total. The smallest absolute Gasteiger partial charge is 0.335 e. The molecule has 0 aliphatic rings. The molecule has 0 radical (unpaired) electrons. The first kappa shape index (κ1) is 27.8. The summed E-state index contributed by atoms with van der Waals surface area (Å²) < 4.78 is 31.1. The van der Waals surface area contributed by atoms with E-state index in [1.54, 1.807) is 68.8 Å². The Morgan fingerprint density at radius 2 is 1.79 bits per heavy atom. The Morgan fingerprint density at radius 3 is 2.46 bits per heavy atom. The number of imidazole rings is 1. The van der Waals surface area contributed by atoms with Crippen molar-refractivity contribution in [3.05, 3.63) is 71.5 Å². The lowest BCUT2D eigenvalue weighted by molar-refractivity contribution is -0.141. The highest BCUT2D eigenvalue weighted by atomic mass is 32.2. The molecule has 2 aromatic carbocycles. The first-order valence-corrected chi connectivity index (χ1v) is 13.6. The number of methoxy groups -OCH3 is 2. The monoisotopic (exact) mass is 550 g/mol. The maximum Gasteiger partial charge on any atom is 0.335 e. The minimum Gasteiger partial charge on any atom is -0.497 e. The predicted molar refractivity (Wildman–Crippen MR) is 148 cm³/mol. The van der Waals surface area contributed by atoms with Gasteiger partial charge in [0.1, 0.15) is 18.0 Å². The van der Waals surface area contributed by atoms with E-state index >= 15 is 0 Å². The molecule has 2 heterocycles. The van der Waals surface area contributed by atoms with Gasteiger partial charge in [0.2, 0.25) is 5.16 Å². The minimum atomic E-state index is -1.79. The van der Waals surface area contributed by atoms with E-state index in [2.05, 4.69) is 9.97 Å². The Balaban J connectivity index is 1.84. The lowest BCUT2D eigenvalue weighted by Crippen LogP contribution is -2.40. The summed E-state index contributed by atoms with van der Waals surface area (Å²) in [6.45, 7) is 5.25. The Hall–Kier alpha value is -4.25. The highest BCUT2D eigenvalue weighted by Crippen LogP contribution is 2.29. The van der Waals surface area contributed by atoms with Gasteiger partial charge in [0.05, 0.1) is 54.1 Å². The molecular weight excluding hydrogens is 520 g/mol. The van der Waals surface area contributed by atoms with Crippen LogP contribution in [0.1, 0.15) is 23.7 Å². The van der Waals surface area contributed by atoms with E-state index in [0.717, 1.165) is 11.1 Å². The van der Waals surface area contributed by atoms with Gasteiger partial charge in [-0.05, 0) is 45.0 Å². The number of carbonyl (C=O) groups is 2. The summed E-state index contributed by atoms with van der Waals surface area (Å²) in [4.78, 5) is 37.0. The first-order chi connectivity index (χ1) is 18.8. The van der Waals surface area contributed by atoms with Crippen LogP contribution in [0.4, 0.5) is 10.5 Å². The fraction of sp³-hybridized carbons (Fsp3) is 0.286. The third-order valence-electron chi connectivity index (χ3n) is 6.13. The standard InChI is InChI=1S/C28H30N4O6S/c1-6-38-25(33)16-31(20-10-8-7-9-11-20)28(34)32-24-14-21(36-4)12-13-22(24)30-27(32)39(35)17-23-19(3)26(37-5)18(2)15-29-23/h7-15H,6,16-17H2,1-5H3. The van der Waals surface area contributed by atoms with E-state index in [-0.39, 0.29) is 24.1 Å². The van der Waals surface area contributed by atoms with Crippen LogP contribution in [-0.4, -0.2) is 58.1 Å². The molecule has 4 aromatic rings.